The Kier molecular flexibility index (Phi) is 4.90. The molecule has 0 atom stereocenters. The fourth-order valence-corrected chi connectivity index (χ4v) is 1.34. The van der Waals surface area contributed by atoms with Crippen LogP contribution in [0.4, 0.5) is 5.82 Å². The van der Waals surface area contributed by atoms with E-state index in [2.05, 4.69) is 9.97 Å². The van der Waals surface area contributed by atoms with Gasteiger partial charge in [-0.2, -0.15) is 4.98 Å². The van der Waals surface area contributed by atoms with E-state index in [1.165, 1.54) is 0 Å². The first-order valence-electron chi connectivity index (χ1n) is 6.23. The first kappa shape index (κ1) is 14.7. The lowest BCUT2D eigenvalue weighted by molar-refractivity contribution is -0.0169. The van der Waals surface area contributed by atoms with Crippen LogP contribution in [0, 0.1) is 6.92 Å². The molecule has 0 aliphatic rings. The van der Waals surface area contributed by atoms with Gasteiger partial charge in [-0.15, -0.1) is 0 Å². The molecule has 18 heavy (non-hydrogen) atoms. The number of nitrogens with zero attached hydrogens (tertiary/aromatic N) is 2. The van der Waals surface area contributed by atoms with Crippen LogP contribution in [0.5, 0.6) is 5.88 Å². The molecule has 0 fully saturated rings. The van der Waals surface area contributed by atoms with Crippen LogP contribution in [0.3, 0.4) is 0 Å². The summed E-state index contributed by atoms with van der Waals surface area (Å²) in [7, 11) is 0. The standard InChI is InChI=1S/C13H23N3O2/c1-6-10-15-11(14)9(2)12(16-10)17-7-8-18-13(3,4)5/h6-8H2,1-5H3,(H2,14,15,16). The Hall–Kier alpha value is -1.36. The third kappa shape index (κ3) is 4.49. The Morgan fingerprint density at radius 3 is 2.39 bits per heavy atom. The zero-order chi connectivity index (χ0) is 13.8. The lowest BCUT2D eigenvalue weighted by Gasteiger charge is -2.19. The first-order chi connectivity index (χ1) is 8.33. The van der Waals surface area contributed by atoms with Gasteiger partial charge in [0, 0.05) is 6.42 Å². The normalized spacial score (nSPS) is 11.6. The van der Waals surface area contributed by atoms with Crippen LogP contribution < -0.4 is 10.5 Å². The number of rotatable bonds is 5. The summed E-state index contributed by atoms with van der Waals surface area (Å²) < 4.78 is 11.2. The highest BCUT2D eigenvalue weighted by atomic mass is 16.5. The number of aryl methyl sites for hydroxylation is 1. The summed E-state index contributed by atoms with van der Waals surface area (Å²) in [6.07, 6.45) is 0.735. The average molecular weight is 253 g/mol. The molecule has 5 heteroatoms. The fraction of sp³-hybridized carbons (Fsp3) is 0.692. The van der Waals surface area contributed by atoms with Gasteiger partial charge in [-0.05, 0) is 27.7 Å². The van der Waals surface area contributed by atoms with Crippen LogP contribution in [0.1, 0.15) is 39.1 Å². The van der Waals surface area contributed by atoms with Gasteiger partial charge in [0.25, 0.3) is 0 Å². The summed E-state index contributed by atoms with van der Waals surface area (Å²) in [6, 6.07) is 0. The minimum Gasteiger partial charge on any atom is -0.475 e. The second-order valence-electron chi connectivity index (χ2n) is 5.12. The quantitative estimate of drug-likeness (QED) is 0.814. The predicted molar refractivity (Wildman–Crippen MR) is 71.8 cm³/mol. The van der Waals surface area contributed by atoms with Crippen LogP contribution in [0.25, 0.3) is 0 Å². The van der Waals surface area contributed by atoms with Gasteiger partial charge in [0.15, 0.2) is 0 Å². The van der Waals surface area contributed by atoms with E-state index in [0.29, 0.717) is 30.7 Å². The monoisotopic (exact) mass is 253 g/mol. The van der Waals surface area contributed by atoms with Gasteiger partial charge in [-0.25, -0.2) is 4.98 Å². The minimum absolute atomic E-state index is 0.155. The topological polar surface area (TPSA) is 70.3 Å². The van der Waals surface area contributed by atoms with Crippen molar-refractivity contribution in [1.29, 1.82) is 0 Å². The van der Waals surface area contributed by atoms with Crippen molar-refractivity contribution in [1.82, 2.24) is 9.97 Å². The minimum atomic E-state index is -0.155. The molecule has 1 aromatic rings. The van der Waals surface area contributed by atoms with Crippen molar-refractivity contribution in [2.45, 2.75) is 46.6 Å². The van der Waals surface area contributed by atoms with Crippen molar-refractivity contribution in [2.24, 2.45) is 0 Å². The zero-order valence-electron chi connectivity index (χ0n) is 11.9. The van der Waals surface area contributed by atoms with Gasteiger partial charge in [0.05, 0.1) is 17.8 Å². The molecule has 102 valence electrons. The SMILES string of the molecule is CCc1nc(N)c(C)c(OCCOC(C)(C)C)n1. The van der Waals surface area contributed by atoms with Crippen LogP contribution in [0.15, 0.2) is 0 Å². The van der Waals surface area contributed by atoms with E-state index in [1.807, 2.05) is 34.6 Å². The molecule has 0 spiro atoms. The third-order valence-electron chi connectivity index (χ3n) is 2.36. The van der Waals surface area contributed by atoms with E-state index in [9.17, 15) is 0 Å². The second-order valence-corrected chi connectivity index (χ2v) is 5.12. The Morgan fingerprint density at radius 1 is 1.17 bits per heavy atom. The van der Waals surface area contributed by atoms with Crippen LogP contribution in [-0.2, 0) is 11.2 Å². The summed E-state index contributed by atoms with van der Waals surface area (Å²) >= 11 is 0. The van der Waals surface area contributed by atoms with Crippen LogP contribution in [0.2, 0.25) is 0 Å². The lowest BCUT2D eigenvalue weighted by Crippen LogP contribution is -2.22. The molecule has 5 nitrogen and oxygen atoms in total. The molecule has 2 N–H and O–H groups in total. The largest absolute Gasteiger partial charge is 0.475 e. The van der Waals surface area contributed by atoms with Crippen molar-refractivity contribution in [3.05, 3.63) is 11.4 Å². The predicted octanol–water partition coefficient (Wildman–Crippen LogP) is 2.12. The second kappa shape index (κ2) is 6.00. The molecule has 1 heterocycles. The highest BCUT2D eigenvalue weighted by Gasteiger charge is 2.11. The summed E-state index contributed by atoms with van der Waals surface area (Å²) in [4.78, 5) is 8.49. The Morgan fingerprint density at radius 2 is 1.83 bits per heavy atom. The summed E-state index contributed by atoms with van der Waals surface area (Å²) in [5.41, 5.74) is 6.43. The number of ether oxygens (including phenoxy) is 2. The van der Waals surface area contributed by atoms with E-state index in [1.54, 1.807) is 0 Å². The van der Waals surface area contributed by atoms with E-state index in [4.69, 9.17) is 15.2 Å². The molecule has 0 aliphatic carbocycles. The van der Waals surface area contributed by atoms with Gasteiger partial charge in [-0.3, -0.25) is 0 Å². The van der Waals surface area contributed by atoms with Crippen molar-refractivity contribution >= 4 is 5.82 Å². The number of anilines is 1. The van der Waals surface area contributed by atoms with Gasteiger partial charge in [0.1, 0.15) is 18.2 Å². The summed E-state index contributed by atoms with van der Waals surface area (Å²) in [5, 5.41) is 0. The summed E-state index contributed by atoms with van der Waals surface area (Å²) in [6.45, 7) is 10.8. The van der Waals surface area contributed by atoms with Gasteiger partial charge in [-0.1, -0.05) is 6.92 Å². The molecule has 0 aliphatic heterocycles. The number of nitrogen functional groups attached to an aromatic ring is 1. The fourth-order valence-electron chi connectivity index (χ4n) is 1.34. The Balaban J connectivity index is 2.59. The molecule has 1 aromatic heterocycles. The number of nitrogens with two attached hydrogens (primary N) is 1. The number of hydrogen-bond donors (Lipinski definition) is 1. The molecular weight excluding hydrogens is 230 g/mol. The van der Waals surface area contributed by atoms with E-state index >= 15 is 0 Å². The van der Waals surface area contributed by atoms with E-state index in [0.717, 1.165) is 12.0 Å². The molecule has 0 radical (unpaired) electrons. The molecule has 0 aromatic carbocycles. The lowest BCUT2D eigenvalue weighted by atomic mass is 10.2. The molecule has 0 unspecified atom stereocenters. The van der Waals surface area contributed by atoms with Crippen LogP contribution in [-0.4, -0.2) is 28.8 Å². The van der Waals surface area contributed by atoms with Crippen LogP contribution >= 0.6 is 0 Å². The van der Waals surface area contributed by atoms with Gasteiger partial charge < -0.3 is 15.2 Å². The molecule has 0 saturated heterocycles. The van der Waals surface area contributed by atoms with E-state index in [-0.39, 0.29) is 5.60 Å². The maximum absolute atomic E-state index is 5.81. The van der Waals surface area contributed by atoms with Crippen molar-refractivity contribution in [3.63, 3.8) is 0 Å². The highest BCUT2D eigenvalue weighted by molar-refractivity contribution is 5.44. The maximum atomic E-state index is 5.81. The molecule has 0 saturated carbocycles. The summed E-state index contributed by atoms with van der Waals surface area (Å²) in [5.74, 6) is 1.73. The Labute approximate surface area is 109 Å². The highest BCUT2D eigenvalue weighted by Crippen LogP contribution is 2.19. The smallest absolute Gasteiger partial charge is 0.221 e. The van der Waals surface area contributed by atoms with Crippen molar-refractivity contribution < 1.29 is 9.47 Å². The third-order valence-corrected chi connectivity index (χ3v) is 2.36. The maximum Gasteiger partial charge on any atom is 0.221 e. The Bertz CT molecular complexity index is 400. The molecule has 1 rings (SSSR count). The molecule has 0 amide bonds. The van der Waals surface area contributed by atoms with Gasteiger partial charge >= 0.3 is 0 Å². The zero-order valence-corrected chi connectivity index (χ0v) is 11.9. The molecular formula is C13H23N3O2. The van der Waals surface area contributed by atoms with Crippen molar-refractivity contribution in [3.8, 4) is 5.88 Å². The number of hydrogen-bond acceptors (Lipinski definition) is 5. The average Bonchev–Trinajstić information content (AvgIpc) is 2.28. The number of aromatic nitrogens is 2. The molecule has 0 bridgehead atoms. The van der Waals surface area contributed by atoms with Crippen molar-refractivity contribution in [2.75, 3.05) is 18.9 Å². The van der Waals surface area contributed by atoms with Gasteiger partial charge in [0.2, 0.25) is 5.88 Å². The van der Waals surface area contributed by atoms with E-state index < -0.39 is 0 Å². The first-order valence-corrected chi connectivity index (χ1v) is 6.23.